The highest BCUT2D eigenvalue weighted by Gasteiger charge is 2.55. The molecule has 1 saturated heterocycles. The van der Waals surface area contributed by atoms with E-state index >= 15 is 0 Å². The molecule has 0 aliphatic carbocycles. The van der Waals surface area contributed by atoms with Crippen molar-refractivity contribution in [3.8, 4) is 5.75 Å². The van der Waals surface area contributed by atoms with Crippen LogP contribution in [0.25, 0.3) is 0 Å². The number of fused-ring (bicyclic) bond motifs is 1. The molecule has 2 heterocycles. The molecule has 0 saturated carbocycles. The summed E-state index contributed by atoms with van der Waals surface area (Å²) in [5.41, 5.74) is 3.55. The van der Waals surface area contributed by atoms with Crippen molar-refractivity contribution < 1.29 is 18.9 Å². The number of hydrogen-bond donors (Lipinski definition) is 0. The van der Waals surface area contributed by atoms with Crippen molar-refractivity contribution >= 4 is 0 Å². The first kappa shape index (κ1) is 23.1. The van der Waals surface area contributed by atoms with Gasteiger partial charge in [-0.2, -0.15) is 0 Å². The molecule has 2 aliphatic heterocycles. The lowest BCUT2D eigenvalue weighted by Gasteiger charge is -2.53. The second-order valence-corrected chi connectivity index (χ2v) is 9.61. The Kier molecular flexibility index (Phi) is 7.00. The summed E-state index contributed by atoms with van der Waals surface area (Å²) in [5, 5.41) is 0. The van der Waals surface area contributed by atoms with Crippen molar-refractivity contribution in [1.29, 1.82) is 0 Å². The SMILES string of the molecule is CC1C(COCc2ccccc2)OC2(CCc3ccccc3O2)C(OCc2ccccc2)C1C. The van der Waals surface area contributed by atoms with Gasteiger partial charge >= 0.3 is 0 Å². The third-order valence-electron chi connectivity index (χ3n) is 7.34. The Labute approximate surface area is 202 Å². The van der Waals surface area contributed by atoms with Crippen LogP contribution in [0.4, 0.5) is 0 Å². The largest absolute Gasteiger partial charge is 0.459 e. The van der Waals surface area contributed by atoms with E-state index in [9.17, 15) is 0 Å². The Hall–Kier alpha value is -2.66. The molecule has 4 nitrogen and oxygen atoms in total. The van der Waals surface area contributed by atoms with E-state index in [1.54, 1.807) is 0 Å². The summed E-state index contributed by atoms with van der Waals surface area (Å²) >= 11 is 0. The topological polar surface area (TPSA) is 36.9 Å². The molecule has 3 aromatic rings. The highest BCUT2D eigenvalue weighted by atomic mass is 16.7. The van der Waals surface area contributed by atoms with Gasteiger partial charge in [-0.3, -0.25) is 0 Å². The normalized spacial score (nSPS) is 28.3. The number of aryl methyl sites for hydroxylation is 1. The molecule has 0 aromatic heterocycles. The summed E-state index contributed by atoms with van der Waals surface area (Å²) in [6, 6.07) is 28.9. The lowest BCUT2D eigenvalue weighted by molar-refractivity contribution is -0.334. The molecule has 2 aliphatic rings. The number of para-hydroxylation sites is 1. The zero-order valence-corrected chi connectivity index (χ0v) is 20.1. The van der Waals surface area contributed by atoms with Gasteiger partial charge in [0.1, 0.15) is 11.9 Å². The lowest BCUT2D eigenvalue weighted by atomic mass is 9.77. The fraction of sp³-hybridized carbons (Fsp3) is 0.400. The average Bonchev–Trinajstić information content (AvgIpc) is 2.88. The summed E-state index contributed by atoms with van der Waals surface area (Å²) in [6.45, 7) is 6.14. The molecule has 5 atom stereocenters. The molecule has 0 N–H and O–H groups in total. The second kappa shape index (κ2) is 10.3. The number of rotatable bonds is 7. The van der Waals surface area contributed by atoms with Gasteiger partial charge in [0.2, 0.25) is 5.79 Å². The van der Waals surface area contributed by atoms with Gasteiger partial charge in [0.15, 0.2) is 0 Å². The van der Waals surface area contributed by atoms with E-state index in [-0.39, 0.29) is 24.0 Å². The van der Waals surface area contributed by atoms with Crippen molar-refractivity contribution in [3.05, 3.63) is 102 Å². The standard InChI is InChI=1S/C30H34O4/c1-22-23(2)29(32-20-25-13-7-4-8-14-25)30(18-17-26-15-9-10-16-27(26)33-30)34-28(22)21-31-19-24-11-5-3-6-12-24/h3-16,22-23,28-29H,17-21H2,1-2H3. The Balaban J connectivity index is 1.35. The smallest absolute Gasteiger partial charge is 0.237 e. The van der Waals surface area contributed by atoms with Gasteiger partial charge in [0.05, 0.1) is 25.9 Å². The first-order chi connectivity index (χ1) is 16.6. The van der Waals surface area contributed by atoms with E-state index in [2.05, 4.69) is 50.2 Å². The van der Waals surface area contributed by atoms with E-state index in [4.69, 9.17) is 18.9 Å². The van der Waals surface area contributed by atoms with Crippen molar-refractivity contribution in [1.82, 2.24) is 0 Å². The Morgan fingerprint density at radius 2 is 1.44 bits per heavy atom. The fourth-order valence-electron chi connectivity index (χ4n) is 5.18. The zero-order chi connectivity index (χ0) is 23.4. The average molecular weight is 459 g/mol. The lowest BCUT2D eigenvalue weighted by Crippen LogP contribution is -2.64. The first-order valence-electron chi connectivity index (χ1n) is 12.4. The molecule has 178 valence electrons. The molecule has 0 radical (unpaired) electrons. The van der Waals surface area contributed by atoms with Gasteiger partial charge in [0.25, 0.3) is 0 Å². The summed E-state index contributed by atoms with van der Waals surface area (Å²) < 4.78 is 26.2. The fourth-order valence-corrected chi connectivity index (χ4v) is 5.18. The van der Waals surface area contributed by atoms with Crippen LogP contribution in [0.5, 0.6) is 5.75 Å². The minimum Gasteiger partial charge on any atom is -0.459 e. The van der Waals surface area contributed by atoms with Gasteiger partial charge in [-0.15, -0.1) is 0 Å². The van der Waals surface area contributed by atoms with Gasteiger partial charge < -0.3 is 18.9 Å². The number of hydrogen-bond acceptors (Lipinski definition) is 4. The second-order valence-electron chi connectivity index (χ2n) is 9.61. The van der Waals surface area contributed by atoms with Crippen LogP contribution in [0.1, 0.15) is 37.0 Å². The minimum atomic E-state index is -0.824. The summed E-state index contributed by atoms with van der Waals surface area (Å²) in [4.78, 5) is 0. The summed E-state index contributed by atoms with van der Waals surface area (Å²) in [7, 11) is 0. The zero-order valence-electron chi connectivity index (χ0n) is 20.1. The van der Waals surface area contributed by atoms with Crippen LogP contribution in [-0.2, 0) is 33.8 Å². The van der Waals surface area contributed by atoms with E-state index in [0.717, 1.165) is 24.2 Å². The minimum absolute atomic E-state index is 0.0689. The van der Waals surface area contributed by atoms with E-state index in [0.29, 0.717) is 19.8 Å². The van der Waals surface area contributed by atoms with Crippen LogP contribution in [0.2, 0.25) is 0 Å². The molecule has 0 amide bonds. The highest BCUT2D eigenvalue weighted by molar-refractivity contribution is 5.36. The third kappa shape index (κ3) is 4.90. The van der Waals surface area contributed by atoms with Crippen LogP contribution in [-0.4, -0.2) is 24.6 Å². The molecule has 4 heteroatoms. The Morgan fingerprint density at radius 3 is 2.18 bits per heavy atom. The van der Waals surface area contributed by atoms with Crippen LogP contribution in [0.3, 0.4) is 0 Å². The van der Waals surface area contributed by atoms with E-state index < -0.39 is 5.79 Å². The van der Waals surface area contributed by atoms with Crippen LogP contribution >= 0.6 is 0 Å². The molecule has 5 unspecified atom stereocenters. The van der Waals surface area contributed by atoms with E-state index in [1.807, 2.05) is 48.5 Å². The van der Waals surface area contributed by atoms with Crippen LogP contribution in [0, 0.1) is 11.8 Å². The van der Waals surface area contributed by atoms with Crippen molar-refractivity contribution in [3.63, 3.8) is 0 Å². The van der Waals surface area contributed by atoms with Crippen LogP contribution in [0.15, 0.2) is 84.9 Å². The van der Waals surface area contributed by atoms with Crippen molar-refractivity contribution in [2.45, 2.75) is 57.9 Å². The monoisotopic (exact) mass is 458 g/mol. The summed E-state index contributed by atoms with van der Waals surface area (Å²) in [6.07, 6.45) is 1.41. The molecule has 1 spiro atoms. The van der Waals surface area contributed by atoms with Crippen molar-refractivity contribution in [2.75, 3.05) is 6.61 Å². The van der Waals surface area contributed by atoms with Crippen LogP contribution < -0.4 is 4.74 Å². The summed E-state index contributed by atoms with van der Waals surface area (Å²) in [5.74, 6) is 0.583. The predicted octanol–water partition coefficient (Wildman–Crippen LogP) is 6.18. The highest BCUT2D eigenvalue weighted by Crippen LogP contribution is 2.46. The third-order valence-corrected chi connectivity index (χ3v) is 7.34. The maximum absolute atomic E-state index is 6.82. The molecule has 0 bridgehead atoms. The predicted molar refractivity (Wildman–Crippen MR) is 132 cm³/mol. The maximum Gasteiger partial charge on any atom is 0.237 e. The molecular formula is C30H34O4. The molecule has 34 heavy (non-hydrogen) atoms. The quantitative estimate of drug-likeness (QED) is 0.424. The van der Waals surface area contributed by atoms with Crippen molar-refractivity contribution in [2.24, 2.45) is 11.8 Å². The molecular weight excluding hydrogens is 424 g/mol. The van der Waals surface area contributed by atoms with E-state index in [1.165, 1.54) is 11.1 Å². The van der Waals surface area contributed by atoms with Gasteiger partial charge in [-0.25, -0.2) is 0 Å². The number of ether oxygens (including phenoxy) is 4. The molecule has 5 rings (SSSR count). The Morgan fingerprint density at radius 1 is 0.794 bits per heavy atom. The molecule has 3 aromatic carbocycles. The van der Waals surface area contributed by atoms with Gasteiger partial charge in [-0.05, 0) is 41.0 Å². The van der Waals surface area contributed by atoms with Gasteiger partial charge in [-0.1, -0.05) is 92.7 Å². The number of benzene rings is 3. The first-order valence-corrected chi connectivity index (χ1v) is 12.4. The van der Waals surface area contributed by atoms with Gasteiger partial charge in [0, 0.05) is 6.42 Å². The molecule has 1 fully saturated rings. The maximum atomic E-state index is 6.82. The Bertz CT molecular complexity index is 1050.